The normalized spacial score (nSPS) is 22.3. The number of nitrogens with one attached hydrogen (secondary N) is 1. The van der Waals surface area contributed by atoms with Gasteiger partial charge in [-0.25, -0.2) is 0 Å². The first-order chi connectivity index (χ1) is 10.6. The maximum Gasteiger partial charge on any atom is 0.234 e. The molecule has 2 atom stereocenters. The van der Waals surface area contributed by atoms with Crippen LogP contribution in [0.1, 0.15) is 25.3 Å². The highest BCUT2D eigenvalue weighted by atomic mass is 16.5. The van der Waals surface area contributed by atoms with Crippen LogP contribution in [-0.4, -0.2) is 43.6 Å². The number of carbonyl (C=O) groups excluding carboxylic acids is 1. The Kier molecular flexibility index (Phi) is 6.21. The van der Waals surface area contributed by atoms with E-state index in [1.807, 2.05) is 24.3 Å². The molecule has 5 heteroatoms. The van der Waals surface area contributed by atoms with Gasteiger partial charge in [0.1, 0.15) is 5.75 Å². The first-order valence-electron chi connectivity index (χ1n) is 7.96. The standard InChI is InChI=1S/C17H27N3O2/c1-13-7-8-20(15(9-13)10-18)12-17(21)19-11-14-5-3-4-6-16(14)22-2/h3-6,13,15H,7-12,18H2,1-2H3,(H,19,21). The Morgan fingerprint density at radius 1 is 1.45 bits per heavy atom. The van der Waals surface area contributed by atoms with Crippen LogP contribution in [0.3, 0.4) is 0 Å². The highest BCUT2D eigenvalue weighted by molar-refractivity contribution is 5.78. The molecule has 0 radical (unpaired) electrons. The van der Waals surface area contributed by atoms with E-state index in [4.69, 9.17) is 10.5 Å². The predicted octanol–water partition coefficient (Wildman–Crippen LogP) is 1.37. The lowest BCUT2D eigenvalue weighted by molar-refractivity contribution is -0.123. The molecule has 0 saturated carbocycles. The lowest BCUT2D eigenvalue weighted by Crippen LogP contribution is -2.50. The van der Waals surface area contributed by atoms with Crippen molar-refractivity contribution in [2.75, 3.05) is 26.7 Å². The van der Waals surface area contributed by atoms with E-state index < -0.39 is 0 Å². The van der Waals surface area contributed by atoms with E-state index in [2.05, 4.69) is 17.1 Å². The predicted molar refractivity (Wildman–Crippen MR) is 87.7 cm³/mol. The number of carbonyl (C=O) groups is 1. The van der Waals surface area contributed by atoms with Gasteiger partial charge in [0.2, 0.25) is 5.91 Å². The molecular weight excluding hydrogens is 278 g/mol. The third-order valence-electron chi connectivity index (χ3n) is 4.39. The summed E-state index contributed by atoms with van der Waals surface area (Å²) in [5.41, 5.74) is 6.83. The Balaban J connectivity index is 1.85. The van der Waals surface area contributed by atoms with E-state index >= 15 is 0 Å². The van der Waals surface area contributed by atoms with Crippen LogP contribution in [0.2, 0.25) is 0 Å². The molecule has 1 aromatic rings. The van der Waals surface area contributed by atoms with E-state index in [1.54, 1.807) is 7.11 Å². The molecule has 0 spiro atoms. The number of hydrogen-bond acceptors (Lipinski definition) is 4. The van der Waals surface area contributed by atoms with Crippen LogP contribution in [0.5, 0.6) is 5.75 Å². The van der Waals surface area contributed by atoms with Crippen molar-refractivity contribution in [3.63, 3.8) is 0 Å². The highest BCUT2D eigenvalue weighted by Crippen LogP contribution is 2.21. The SMILES string of the molecule is COc1ccccc1CNC(=O)CN1CCC(C)CC1CN. The fourth-order valence-corrected chi connectivity index (χ4v) is 3.04. The Labute approximate surface area is 132 Å². The van der Waals surface area contributed by atoms with Crippen LogP contribution in [0.25, 0.3) is 0 Å². The van der Waals surface area contributed by atoms with Crippen molar-refractivity contribution in [1.82, 2.24) is 10.2 Å². The van der Waals surface area contributed by atoms with E-state index in [0.717, 1.165) is 30.7 Å². The number of hydrogen-bond donors (Lipinski definition) is 2. The number of benzene rings is 1. The third kappa shape index (κ3) is 4.45. The second-order valence-electron chi connectivity index (χ2n) is 6.08. The molecule has 0 aromatic heterocycles. The van der Waals surface area contributed by atoms with Crippen LogP contribution in [0.4, 0.5) is 0 Å². The molecule has 5 nitrogen and oxygen atoms in total. The summed E-state index contributed by atoms with van der Waals surface area (Å²) in [5, 5.41) is 2.98. The fourth-order valence-electron chi connectivity index (χ4n) is 3.04. The largest absolute Gasteiger partial charge is 0.496 e. The molecule has 22 heavy (non-hydrogen) atoms. The number of likely N-dealkylation sites (tertiary alicyclic amines) is 1. The zero-order chi connectivity index (χ0) is 15.9. The van der Waals surface area contributed by atoms with Crippen molar-refractivity contribution >= 4 is 5.91 Å². The quantitative estimate of drug-likeness (QED) is 0.833. The van der Waals surface area contributed by atoms with Gasteiger partial charge >= 0.3 is 0 Å². The summed E-state index contributed by atoms with van der Waals surface area (Å²) >= 11 is 0. The second-order valence-corrected chi connectivity index (χ2v) is 6.08. The van der Waals surface area contributed by atoms with Crippen LogP contribution < -0.4 is 15.8 Å². The van der Waals surface area contributed by atoms with Crippen molar-refractivity contribution in [3.8, 4) is 5.75 Å². The number of nitrogens with zero attached hydrogens (tertiary/aromatic N) is 1. The average Bonchev–Trinajstić information content (AvgIpc) is 2.54. The molecule has 1 aliphatic heterocycles. The summed E-state index contributed by atoms with van der Waals surface area (Å²) < 4.78 is 5.30. The van der Waals surface area contributed by atoms with Gasteiger partial charge in [0.15, 0.2) is 0 Å². The number of ether oxygens (including phenoxy) is 1. The van der Waals surface area contributed by atoms with Crippen molar-refractivity contribution in [2.24, 2.45) is 11.7 Å². The number of rotatable bonds is 6. The smallest absolute Gasteiger partial charge is 0.234 e. The highest BCUT2D eigenvalue weighted by Gasteiger charge is 2.26. The Hall–Kier alpha value is -1.59. The van der Waals surface area contributed by atoms with E-state index in [-0.39, 0.29) is 5.91 Å². The molecule has 1 fully saturated rings. The van der Waals surface area contributed by atoms with Gasteiger partial charge in [-0.2, -0.15) is 0 Å². The number of methoxy groups -OCH3 is 1. The molecule has 0 bridgehead atoms. The van der Waals surface area contributed by atoms with Crippen molar-refractivity contribution in [1.29, 1.82) is 0 Å². The molecular formula is C17H27N3O2. The van der Waals surface area contributed by atoms with Crippen molar-refractivity contribution in [3.05, 3.63) is 29.8 Å². The lowest BCUT2D eigenvalue weighted by atomic mass is 9.92. The zero-order valence-corrected chi connectivity index (χ0v) is 13.5. The zero-order valence-electron chi connectivity index (χ0n) is 13.5. The van der Waals surface area contributed by atoms with Crippen LogP contribution in [-0.2, 0) is 11.3 Å². The molecule has 1 saturated heterocycles. The number of piperidine rings is 1. The minimum absolute atomic E-state index is 0.0407. The summed E-state index contributed by atoms with van der Waals surface area (Å²) in [6.07, 6.45) is 2.21. The number of nitrogens with two attached hydrogens (primary N) is 1. The van der Waals surface area contributed by atoms with Gasteiger partial charge < -0.3 is 15.8 Å². The maximum absolute atomic E-state index is 12.2. The van der Waals surface area contributed by atoms with Gasteiger partial charge in [0.25, 0.3) is 0 Å². The van der Waals surface area contributed by atoms with Gasteiger partial charge in [-0.1, -0.05) is 25.1 Å². The minimum Gasteiger partial charge on any atom is -0.496 e. The molecule has 0 aliphatic carbocycles. The second kappa shape index (κ2) is 8.15. The van der Waals surface area contributed by atoms with Crippen LogP contribution in [0, 0.1) is 5.92 Å². The number of para-hydroxylation sites is 1. The molecule has 2 rings (SSSR count). The van der Waals surface area contributed by atoms with Gasteiger partial charge in [0.05, 0.1) is 13.7 Å². The Morgan fingerprint density at radius 2 is 2.23 bits per heavy atom. The monoisotopic (exact) mass is 305 g/mol. The van der Waals surface area contributed by atoms with Gasteiger partial charge in [-0.3, -0.25) is 9.69 Å². The van der Waals surface area contributed by atoms with E-state index in [0.29, 0.717) is 31.6 Å². The molecule has 1 amide bonds. The minimum atomic E-state index is 0.0407. The molecule has 1 heterocycles. The summed E-state index contributed by atoms with van der Waals surface area (Å²) in [7, 11) is 1.64. The Bertz CT molecular complexity index is 493. The summed E-state index contributed by atoms with van der Waals surface area (Å²) in [5.74, 6) is 1.54. The molecule has 1 aromatic carbocycles. The van der Waals surface area contributed by atoms with E-state index in [1.165, 1.54) is 0 Å². The van der Waals surface area contributed by atoms with Gasteiger partial charge in [-0.15, -0.1) is 0 Å². The maximum atomic E-state index is 12.2. The first-order valence-corrected chi connectivity index (χ1v) is 7.96. The van der Waals surface area contributed by atoms with Gasteiger partial charge in [-0.05, 0) is 31.4 Å². The van der Waals surface area contributed by atoms with Crippen LogP contribution in [0.15, 0.2) is 24.3 Å². The average molecular weight is 305 g/mol. The van der Waals surface area contributed by atoms with Crippen LogP contribution >= 0.6 is 0 Å². The molecule has 2 unspecified atom stereocenters. The molecule has 3 N–H and O–H groups in total. The summed E-state index contributed by atoms with van der Waals surface area (Å²) in [4.78, 5) is 14.4. The topological polar surface area (TPSA) is 67.6 Å². The first kappa shape index (κ1) is 16.8. The third-order valence-corrected chi connectivity index (χ3v) is 4.39. The van der Waals surface area contributed by atoms with E-state index in [9.17, 15) is 4.79 Å². The van der Waals surface area contributed by atoms with Gasteiger partial charge in [0, 0.05) is 24.7 Å². The summed E-state index contributed by atoms with van der Waals surface area (Å²) in [6.45, 7) is 4.72. The fraction of sp³-hybridized carbons (Fsp3) is 0.588. The number of amides is 1. The lowest BCUT2D eigenvalue weighted by Gasteiger charge is -2.37. The van der Waals surface area contributed by atoms with Crippen molar-refractivity contribution in [2.45, 2.75) is 32.4 Å². The Morgan fingerprint density at radius 3 is 2.95 bits per heavy atom. The molecule has 1 aliphatic rings. The van der Waals surface area contributed by atoms with Crippen molar-refractivity contribution < 1.29 is 9.53 Å². The summed E-state index contributed by atoms with van der Waals surface area (Å²) in [6, 6.07) is 8.05. The molecule has 122 valence electrons.